The molecule has 0 fully saturated rings. The highest BCUT2D eigenvalue weighted by Crippen LogP contribution is 2.16. The SMILES string of the molecule is O=[N+]([O-])c1ccc(NN=[N+]([O-])c2ccccc2)cc1. The Labute approximate surface area is 108 Å². The van der Waals surface area contributed by atoms with Gasteiger partial charge in [-0.3, -0.25) is 10.1 Å². The lowest BCUT2D eigenvalue weighted by atomic mass is 10.3. The molecular weight excluding hydrogens is 248 g/mol. The first-order valence-electron chi connectivity index (χ1n) is 5.40. The molecule has 0 saturated heterocycles. The summed E-state index contributed by atoms with van der Waals surface area (Å²) in [4.78, 5) is 10.4. The molecule has 0 radical (unpaired) electrons. The Morgan fingerprint density at radius 1 is 0.895 bits per heavy atom. The molecule has 0 spiro atoms. The number of anilines is 1. The Hall–Kier alpha value is -2.96. The lowest BCUT2D eigenvalue weighted by Gasteiger charge is -2.04. The molecule has 2 rings (SSSR count). The predicted molar refractivity (Wildman–Crippen MR) is 68.9 cm³/mol. The van der Waals surface area contributed by atoms with Gasteiger partial charge < -0.3 is 5.21 Å². The maximum Gasteiger partial charge on any atom is 0.269 e. The molecule has 2 aromatic rings. The number of nitrogens with one attached hydrogen (secondary N) is 1. The molecule has 7 heteroatoms. The number of hydrogen-bond donors (Lipinski definition) is 1. The topological polar surface area (TPSA) is 93.6 Å². The fourth-order valence-corrected chi connectivity index (χ4v) is 1.37. The van der Waals surface area contributed by atoms with Gasteiger partial charge in [-0.05, 0) is 24.3 Å². The molecule has 2 aromatic carbocycles. The first kappa shape index (κ1) is 12.5. The van der Waals surface area contributed by atoms with Crippen molar-refractivity contribution in [2.24, 2.45) is 5.22 Å². The molecule has 96 valence electrons. The Bertz CT molecular complexity index is 596. The summed E-state index contributed by atoms with van der Waals surface area (Å²) in [5.74, 6) is 0. The first-order valence-corrected chi connectivity index (χ1v) is 5.40. The van der Waals surface area contributed by atoms with Crippen molar-refractivity contribution >= 4 is 17.1 Å². The summed E-state index contributed by atoms with van der Waals surface area (Å²) in [5.41, 5.74) is 3.38. The fourth-order valence-electron chi connectivity index (χ4n) is 1.37. The highest BCUT2D eigenvalue weighted by molar-refractivity contribution is 5.47. The van der Waals surface area contributed by atoms with E-state index in [1.807, 2.05) is 0 Å². The summed E-state index contributed by atoms with van der Waals surface area (Å²) >= 11 is 0. The Morgan fingerprint density at radius 3 is 2.11 bits per heavy atom. The molecule has 0 aliphatic rings. The summed E-state index contributed by atoms with van der Waals surface area (Å²) in [6, 6.07) is 14.1. The van der Waals surface area contributed by atoms with Gasteiger partial charge >= 0.3 is 0 Å². The van der Waals surface area contributed by atoms with Crippen LogP contribution in [0.25, 0.3) is 0 Å². The smallest absolute Gasteiger partial charge is 0.269 e. The van der Waals surface area contributed by atoms with Crippen LogP contribution in [-0.4, -0.2) is 9.78 Å². The molecule has 0 bridgehead atoms. The highest BCUT2D eigenvalue weighted by atomic mass is 16.6. The zero-order chi connectivity index (χ0) is 13.7. The van der Waals surface area contributed by atoms with Gasteiger partial charge in [-0.15, -0.1) is 10.3 Å². The molecule has 0 heterocycles. The number of non-ortho nitro benzene ring substituents is 1. The maximum absolute atomic E-state index is 11.6. The number of nitrogens with zero attached hydrogens (tertiary/aromatic N) is 3. The minimum absolute atomic E-state index is 0.0208. The van der Waals surface area contributed by atoms with Crippen molar-refractivity contribution in [3.8, 4) is 0 Å². The van der Waals surface area contributed by atoms with Gasteiger partial charge in [-0.25, -0.2) is 0 Å². The number of nitro benzene ring substituents is 1. The number of benzene rings is 2. The minimum Gasteiger partial charge on any atom is -0.691 e. The maximum atomic E-state index is 11.6. The average Bonchev–Trinajstić information content (AvgIpc) is 2.46. The van der Waals surface area contributed by atoms with Crippen LogP contribution in [0.1, 0.15) is 0 Å². The molecule has 0 amide bonds. The van der Waals surface area contributed by atoms with Crippen LogP contribution >= 0.6 is 0 Å². The van der Waals surface area contributed by atoms with Gasteiger partial charge in [0.1, 0.15) is 5.69 Å². The Morgan fingerprint density at radius 2 is 1.53 bits per heavy atom. The third-order valence-corrected chi connectivity index (χ3v) is 2.33. The third-order valence-electron chi connectivity index (χ3n) is 2.33. The van der Waals surface area contributed by atoms with Crippen LogP contribution in [0.4, 0.5) is 17.1 Å². The van der Waals surface area contributed by atoms with Crippen molar-refractivity contribution in [1.82, 2.24) is 0 Å². The molecule has 0 aliphatic carbocycles. The molecule has 0 unspecified atom stereocenters. The standard InChI is InChI=1S/C12H10N4O3/c17-15(11-4-2-1-3-5-11)14-13-10-6-8-12(9-7-10)16(18)19/h1-9,13H. The largest absolute Gasteiger partial charge is 0.691 e. The van der Waals surface area contributed by atoms with Gasteiger partial charge in [0.2, 0.25) is 0 Å². The van der Waals surface area contributed by atoms with Crippen LogP contribution in [0.2, 0.25) is 0 Å². The summed E-state index contributed by atoms with van der Waals surface area (Å²) < 4.78 is 0. The van der Waals surface area contributed by atoms with E-state index in [0.717, 1.165) is 0 Å². The molecule has 1 N–H and O–H groups in total. The van der Waals surface area contributed by atoms with E-state index in [0.29, 0.717) is 16.2 Å². The fraction of sp³-hybridized carbons (Fsp3) is 0. The second-order valence-electron chi connectivity index (χ2n) is 3.62. The van der Waals surface area contributed by atoms with E-state index in [9.17, 15) is 15.3 Å². The van der Waals surface area contributed by atoms with Gasteiger partial charge in [0.05, 0.1) is 10.1 Å². The van der Waals surface area contributed by atoms with Crippen molar-refractivity contribution < 1.29 is 9.78 Å². The van der Waals surface area contributed by atoms with E-state index in [4.69, 9.17) is 0 Å². The quantitative estimate of drug-likeness (QED) is 0.394. The molecule has 7 nitrogen and oxygen atoms in total. The van der Waals surface area contributed by atoms with Gasteiger partial charge in [0.15, 0.2) is 5.69 Å². The Kier molecular flexibility index (Phi) is 3.67. The normalized spacial score (nSPS) is 11.1. The van der Waals surface area contributed by atoms with Crippen LogP contribution in [0.5, 0.6) is 0 Å². The van der Waals surface area contributed by atoms with Crippen LogP contribution in [0, 0.1) is 15.3 Å². The molecule has 0 atom stereocenters. The summed E-state index contributed by atoms with van der Waals surface area (Å²) in [5, 5.41) is 25.6. The van der Waals surface area contributed by atoms with Crippen molar-refractivity contribution in [2.45, 2.75) is 0 Å². The third kappa shape index (κ3) is 3.25. The van der Waals surface area contributed by atoms with E-state index in [1.165, 1.54) is 24.3 Å². The Balaban J connectivity index is 2.08. The van der Waals surface area contributed by atoms with Crippen LogP contribution < -0.4 is 5.43 Å². The summed E-state index contributed by atoms with van der Waals surface area (Å²) in [6.07, 6.45) is 0. The summed E-state index contributed by atoms with van der Waals surface area (Å²) in [6.45, 7) is 0. The lowest BCUT2D eigenvalue weighted by molar-refractivity contribution is -0.439. The van der Waals surface area contributed by atoms with E-state index in [-0.39, 0.29) is 5.69 Å². The van der Waals surface area contributed by atoms with E-state index >= 15 is 0 Å². The first-order chi connectivity index (χ1) is 9.16. The number of para-hydroxylation sites is 1. The minimum atomic E-state index is -0.495. The van der Waals surface area contributed by atoms with Gasteiger partial charge in [0.25, 0.3) is 5.69 Å². The highest BCUT2D eigenvalue weighted by Gasteiger charge is 2.05. The van der Waals surface area contributed by atoms with Crippen molar-refractivity contribution in [3.63, 3.8) is 0 Å². The molecule has 0 aromatic heterocycles. The second-order valence-corrected chi connectivity index (χ2v) is 3.62. The average molecular weight is 258 g/mol. The van der Waals surface area contributed by atoms with Gasteiger partial charge in [-0.2, -0.15) is 0 Å². The van der Waals surface area contributed by atoms with E-state index < -0.39 is 4.92 Å². The van der Waals surface area contributed by atoms with E-state index in [1.54, 1.807) is 30.3 Å². The van der Waals surface area contributed by atoms with Crippen molar-refractivity contribution in [1.29, 1.82) is 0 Å². The van der Waals surface area contributed by atoms with Gasteiger partial charge in [0, 0.05) is 12.1 Å². The van der Waals surface area contributed by atoms with E-state index in [2.05, 4.69) is 10.6 Å². The zero-order valence-electron chi connectivity index (χ0n) is 9.76. The van der Waals surface area contributed by atoms with Crippen LogP contribution in [-0.2, 0) is 0 Å². The second kappa shape index (κ2) is 5.58. The van der Waals surface area contributed by atoms with Crippen molar-refractivity contribution in [3.05, 3.63) is 69.9 Å². The van der Waals surface area contributed by atoms with Crippen molar-refractivity contribution in [2.75, 3.05) is 5.43 Å². The van der Waals surface area contributed by atoms with Gasteiger partial charge in [-0.1, -0.05) is 18.2 Å². The lowest BCUT2D eigenvalue weighted by Crippen LogP contribution is -1.97. The number of hydrogen-bond acceptors (Lipinski definition) is 4. The molecule has 19 heavy (non-hydrogen) atoms. The summed E-state index contributed by atoms with van der Waals surface area (Å²) in [7, 11) is 0. The number of rotatable bonds is 4. The number of nitro groups is 1. The predicted octanol–water partition coefficient (Wildman–Crippen LogP) is 3.22. The molecule has 0 saturated carbocycles. The molecular formula is C12H10N4O3. The van der Waals surface area contributed by atoms with Crippen LogP contribution in [0.3, 0.4) is 0 Å². The monoisotopic (exact) mass is 258 g/mol. The zero-order valence-corrected chi connectivity index (χ0v) is 9.76. The van der Waals surface area contributed by atoms with Crippen LogP contribution in [0.15, 0.2) is 59.8 Å². The molecule has 0 aliphatic heterocycles.